The Morgan fingerprint density at radius 1 is 1.45 bits per heavy atom. The average Bonchev–Trinajstić information content (AvgIpc) is 2.47. The van der Waals surface area contributed by atoms with Crippen molar-refractivity contribution in [2.45, 2.75) is 45.2 Å². The molecule has 0 radical (unpaired) electrons. The van der Waals surface area contributed by atoms with Gasteiger partial charge in [0.15, 0.2) is 0 Å². The first-order valence-electron chi connectivity index (χ1n) is 7.39. The smallest absolute Gasteiger partial charge is 0.237 e. The molecule has 0 bridgehead atoms. The molecule has 1 saturated heterocycles. The van der Waals surface area contributed by atoms with Crippen LogP contribution in [-0.2, 0) is 4.79 Å². The molecular weight excluding hydrogens is 255 g/mol. The molecule has 1 amide bonds. The summed E-state index contributed by atoms with van der Waals surface area (Å²) >= 11 is 0. The van der Waals surface area contributed by atoms with Crippen molar-refractivity contribution in [3.05, 3.63) is 35.6 Å². The lowest BCUT2D eigenvalue weighted by molar-refractivity contribution is -0.124. The fourth-order valence-electron chi connectivity index (χ4n) is 2.72. The Kier molecular flexibility index (Phi) is 5.12. The van der Waals surface area contributed by atoms with Gasteiger partial charge in [0.25, 0.3) is 0 Å². The highest BCUT2D eigenvalue weighted by molar-refractivity contribution is 5.82. The first kappa shape index (κ1) is 15.0. The maximum atomic E-state index is 12.9. The Morgan fingerprint density at radius 3 is 2.80 bits per heavy atom. The number of carbonyl (C=O) groups excluding carboxylic acids is 1. The molecule has 0 aliphatic carbocycles. The van der Waals surface area contributed by atoms with Crippen LogP contribution in [0.25, 0.3) is 0 Å². The van der Waals surface area contributed by atoms with Gasteiger partial charge >= 0.3 is 0 Å². The zero-order valence-corrected chi connectivity index (χ0v) is 12.2. The number of amides is 1. The van der Waals surface area contributed by atoms with E-state index in [0.717, 1.165) is 31.4 Å². The number of nitrogens with one attached hydrogen (secondary N) is 2. The van der Waals surface area contributed by atoms with Crippen molar-refractivity contribution in [1.82, 2.24) is 10.6 Å². The van der Waals surface area contributed by atoms with Gasteiger partial charge in [-0.2, -0.15) is 0 Å². The molecular formula is C16H23FN2O. The third-order valence-electron chi connectivity index (χ3n) is 4.13. The molecule has 20 heavy (non-hydrogen) atoms. The molecule has 2 N–H and O–H groups in total. The van der Waals surface area contributed by atoms with E-state index in [4.69, 9.17) is 0 Å². The van der Waals surface area contributed by atoms with Crippen molar-refractivity contribution >= 4 is 5.91 Å². The largest absolute Gasteiger partial charge is 0.348 e. The van der Waals surface area contributed by atoms with Gasteiger partial charge in [0, 0.05) is 0 Å². The van der Waals surface area contributed by atoms with Crippen LogP contribution in [0.5, 0.6) is 0 Å². The van der Waals surface area contributed by atoms with Crippen LogP contribution in [0.1, 0.15) is 44.7 Å². The van der Waals surface area contributed by atoms with E-state index in [1.165, 1.54) is 12.1 Å². The maximum absolute atomic E-state index is 12.9. The molecule has 3 nitrogen and oxygen atoms in total. The Hall–Kier alpha value is -1.42. The summed E-state index contributed by atoms with van der Waals surface area (Å²) in [6.07, 6.45) is 3.17. The molecule has 3 unspecified atom stereocenters. The molecule has 0 spiro atoms. The van der Waals surface area contributed by atoms with Gasteiger partial charge in [-0.3, -0.25) is 4.79 Å². The molecule has 110 valence electrons. The fraction of sp³-hybridized carbons (Fsp3) is 0.562. The second-order valence-corrected chi connectivity index (χ2v) is 5.59. The van der Waals surface area contributed by atoms with E-state index >= 15 is 0 Å². The van der Waals surface area contributed by atoms with E-state index in [1.807, 2.05) is 6.92 Å². The summed E-state index contributed by atoms with van der Waals surface area (Å²) in [5, 5.41) is 6.28. The molecule has 3 atom stereocenters. The Labute approximate surface area is 120 Å². The lowest BCUT2D eigenvalue weighted by Gasteiger charge is -2.29. The minimum atomic E-state index is -0.257. The van der Waals surface area contributed by atoms with Crippen LogP contribution in [0.3, 0.4) is 0 Å². The van der Waals surface area contributed by atoms with E-state index < -0.39 is 0 Å². The number of halogens is 1. The van der Waals surface area contributed by atoms with Gasteiger partial charge in [-0.05, 0) is 49.9 Å². The van der Waals surface area contributed by atoms with E-state index in [9.17, 15) is 9.18 Å². The number of hydrogen-bond donors (Lipinski definition) is 2. The maximum Gasteiger partial charge on any atom is 0.237 e. The highest BCUT2D eigenvalue weighted by atomic mass is 19.1. The summed E-state index contributed by atoms with van der Waals surface area (Å²) in [5.41, 5.74) is 0.919. The van der Waals surface area contributed by atoms with Gasteiger partial charge in [-0.1, -0.05) is 25.5 Å². The predicted molar refractivity (Wildman–Crippen MR) is 77.8 cm³/mol. The van der Waals surface area contributed by atoms with Gasteiger partial charge in [-0.25, -0.2) is 4.39 Å². The third kappa shape index (κ3) is 3.79. The van der Waals surface area contributed by atoms with Gasteiger partial charge < -0.3 is 10.6 Å². The number of rotatable bonds is 4. The fourth-order valence-corrected chi connectivity index (χ4v) is 2.72. The Morgan fingerprint density at radius 2 is 2.15 bits per heavy atom. The molecule has 1 aliphatic heterocycles. The van der Waals surface area contributed by atoms with E-state index in [1.54, 1.807) is 12.1 Å². The molecule has 1 fully saturated rings. The molecule has 2 rings (SSSR count). The molecule has 1 aliphatic rings. The van der Waals surface area contributed by atoms with E-state index in [-0.39, 0.29) is 23.8 Å². The summed E-state index contributed by atoms with van der Waals surface area (Å²) in [5.74, 6) is 0.417. The van der Waals surface area contributed by atoms with Crippen LogP contribution >= 0.6 is 0 Å². The first-order chi connectivity index (χ1) is 9.60. The van der Waals surface area contributed by atoms with Gasteiger partial charge in [0.05, 0.1) is 12.1 Å². The topological polar surface area (TPSA) is 41.1 Å². The second-order valence-electron chi connectivity index (χ2n) is 5.59. The lowest BCUT2D eigenvalue weighted by atomic mass is 9.90. The van der Waals surface area contributed by atoms with Crippen molar-refractivity contribution in [2.24, 2.45) is 5.92 Å². The molecule has 0 aromatic heterocycles. The second kappa shape index (κ2) is 6.84. The van der Waals surface area contributed by atoms with Gasteiger partial charge in [0.1, 0.15) is 5.82 Å². The molecule has 0 saturated carbocycles. The summed E-state index contributed by atoms with van der Waals surface area (Å²) < 4.78 is 12.9. The predicted octanol–water partition coefficient (Wildman–Crippen LogP) is 2.78. The third-order valence-corrected chi connectivity index (χ3v) is 4.13. The first-order valence-corrected chi connectivity index (χ1v) is 7.39. The van der Waals surface area contributed by atoms with E-state index in [2.05, 4.69) is 17.6 Å². The minimum absolute atomic E-state index is 0.0416. The zero-order valence-electron chi connectivity index (χ0n) is 12.2. The number of hydrogen-bond acceptors (Lipinski definition) is 2. The van der Waals surface area contributed by atoms with Crippen LogP contribution in [0.2, 0.25) is 0 Å². The van der Waals surface area contributed by atoms with Crippen LogP contribution in [0.4, 0.5) is 4.39 Å². The quantitative estimate of drug-likeness (QED) is 0.889. The molecule has 1 aromatic carbocycles. The highest BCUT2D eigenvalue weighted by Gasteiger charge is 2.26. The number of benzene rings is 1. The van der Waals surface area contributed by atoms with Crippen LogP contribution in [0.15, 0.2) is 24.3 Å². The van der Waals surface area contributed by atoms with Crippen molar-refractivity contribution in [1.29, 1.82) is 0 Å². The monoisotopic (exact) mass is 278 g/mol. The van der Waals surface area contributed by atoms with Crippen molar-refractivity contribution in [3.8, 4) is 0 Å². The Bertz CT molecular complexity index is 446. The summed E-state index contributed by atoms with van der Waals surface area (Å²) in [6, 6.07) is 6.06. The molecule has 1 aromatic rings. The molecule has 4 heteroatoms. The number of piperidine rings is 1. The van der Waals surface area contributed by atoms with Crippen molar-refractivity contribution in [2.75, 3.05) is 6.54 Å². The zero-order chi connectivity index (χ0) is 14.5. The summed E-state index contributed by atoms with van der Waals surface area (Å²) in [6.45, 7) is 5.00. The number of carbonyl (C=O) groups is 1. The highest BCUT2D eigenvalue weighted by Crippen LogP contribution is 2.20. The van der Waals surface area contributed by atoms with Crippen molar-refractivity contribution < 1.29 is 9.18 Å². The standard InChI is InChI=1S/C16H23FN2O/c1-3-12-8-9-18-15(10-12)16(20)19-11(2)13-4-6-14(17)7-5-13/h4-7,11-12,15,18H,3,8-10H2,1-2H3,(H,19,20). The van der Waals surface area contributed by atoms with E-state index in [0.29, 0.717) is 5.92 Å². The lowest BCUT2D eigenvalue weighted by Crippen LogP contribution is -2.49. The summed E-state index contributed by atoms with van der Waals surface area (Å²) in [7, 11) is 0. The van der Waals surface area contributed by atoms with Gasteiger partial charge in [0.2, 0.25) is 5.91 Å². The van der Waals surface area contributed by atoms with Crippen LogP contribution in [0, 0.1) is 11.7 Å². The average molecular weight is 278 g/mol. The van der Waals surface area contributed by atoms with Crippen molar-refractivity contribution in [3.63, 3.8) is 0 Å². The normalized spacial score (nSPS) is 24.1. The van der Waals surface area contributed by atoms with Crippen LogP contribution < -0.4 is 10.6 Å². The summed E-state index contributed by atoms with van der Waals surface area (Å²) in [4.78, 5) is 12.3. The van der Waals surface area contributed by atoms with Crippen LogP contribution in [-0.4, -0.2) is 18.5 Å². The minimum Gasteiger partial charge on any atom is -0.348 e. The van der Waals surface area contributed by atoms with Gasteiger partial charge in [-0.15, -0.1) is 0 Å². The Balaban J connectivity index is 1.91. The SMILES string of the molecule is CCC1CCNC(C(=O)NC(C)c2ccc(F)cc2)C1. The molecule has 1 heterocycles.